The average Bonchev–Trinajstić information content (AvgIpc) is 3.35. The van der Waals surface area contributed by atoms with Gasteiger partial charge in [0, 0.05) is 35.8 Å². The number of hydrogen-bond donors (Lipinski definition) is 0. The van der Waals surface area contributed by atoms with Gasteiger partial charge in [-0.05, 0) is 81.2 Å². The van der Waals surface area contributed by atoms with Crippen LogP contribution in [0.3, 0.4) is 0 Å². The highest BCUT2D eigenvalue weighted by molar-refractivity contribution is 5.60. The van der Waals surface area contributed by atoms with E-state index in [1.54, 1.807) is 6.20 Å². The Morgan fingerprint density at radius 1 is 1.00 bits per heavy atom. The minimum absolute atomic E-state index is 0.471. The fraction of sp³-hybridized carbons (Fsp3) is 0.308. The highest BCUT2D eigenvalue weighted by Crippen LogP contribution is 2.26. The van der Waals surface area contributed by atoms with Crippen molar-refractivity contribution in [1.29, 1.82) is 0 Å². The number of likely N-dealkylation sites (tertiary alicyclic amines) is 1. The van der Waals surface area contributed by atoms with Crippen LogP contribution in [0.1, 0.15) is 24.2 Å². The largest absolute Gasteiger partial charge is 0.493 e. The first-order valence-corrected chi connectivity index (χ1v) is 11.4. The van der Waals surface area contributed by atoms with Crippen LogP contribution < -0.4 is 4.74 Å². The molecule has 0 N–H and O–H groups in total. The summed E-state index contributed by atoms with van der Waals surface area (Å²) in [4.78, 5) is 15.7. The van der Waals surface area contributed by atoms with E-state index < -0.39 is 0 Å². The number of ether oxygens (including phenoxy) is 1. The molecule has 1 saturated heterocycles. The molecule has 1 aromatic carbocycles. The van der Waals surface area contributed by atoms with Gasteiger partial charge in [-0.1, -0.05) is 17.3 Å². The summed E-state index contributed by atoms with van der Waals surface area (Å²) in [6.07, 6.45) is 5.87. The standard InChI is InChI=1S/C26H27N5O2/c1-19-8-9-22(16-28-19)25-29-26(33-30-25)21-5-4-7-24(15-21)32-18-20-10-13-31(14-11-20)17-23-6-2-3-12-27-23/h2-9,12,15-16,20H,10-11,13-14,17-18H2,1H3. The van der Waals surface area contributed by atoms with Crippen LogP contribution in [0.2, 0.25) is 0 Å². The van der Waals surface area contributed by atoms with Gasteiger partial charge in [-0.3, -0.25) is 14.9 Å². The van der Waals surface area contributed by atoms with E-state index in [1.807, 2.05) is 61.7 Å². The first-order chi connectivity index (χ1) is 16.2. The van der Waals surface area contributed by atoms with Crippen molar-refractivity contribution in [2.75, 3.05) is 19.7 Å². The van der Waals surface area contributed by atoms with Crippen LogP contribution in [0.15, 0.2) is 71.5 Å². The molecule has 7 heteroatoms. The summed E-state index contributed by atoms with van der Waals surface area (Å²) in [5.74, 6) is 2.37. The van der Waals surface area contributed by atoms with Gasteiger partial charge in [0.05, 0.1) is 12.3 Å². The third-order valence-corrected chi connectivity index (χ3v) is 5.98. The van der Waals surface area contributed by atoms with Crippen molar-refractivity contribution in [3.05, 3.63) is 78.4 Å². The average molecular weight is 442 g/mol. The lowest BCUT2D eigenvalue weighted by atomic mass is 9.97. The molecule has 168 valence electrons. The van der Waals surface area contributed by atoms with Crippen LogP contribution in [0.25, 0.3) is 22.8 Å². The van der Waals surface area contributed by atoms with Crippen molar-refractivity contribution < 1.29 is 9.26 Å². The van der Waals surface area contributed by atoms with Crippen LogP contribution in [-0.4, -0.2) is 44.7 Å². The van der Waals surface area contributed by atoms with Crippen molar-refractivity contribution in [3.8, 4) is 28.6 Å². The number of aromatic nitrogens is 4. The van der Waals surface area contributed by atoms with E-state index in [-0.39, 0.29) is 0 Å². The monoisotopic (exact) mass is 441 g/mol. The summed E-state index contributed by atoms with van der Waals surface area (Å²) in [6.45, 7) is 5.72. The summed E-state index contributed by atoms with van der Waals surface area (Å²) >= 11 is 0. The highest BCUT2D eigenvalue weighted by Gasteiger charge is 2.20. The number of piperidine rings is 1. The lowest BCUT2D eigenvalue weighted by Crippen LogP contribution is -2.35. The molecule has 7 nitrogen and oxygen atoms in total. The van der Waals surface area contributed by atoms with E-state index in [0.29, 0.717) is 24.2 Å². The topological polar surface area (TPSA) is 77.2 Å². The van der Waals surface area contributed by atoms with Gasteiger partial charge < -0.3 is 9.26 Å². The third kappa shape index (κ3) is 5.43. The minimum Gasteiger partial charge on any atom is -0.493 e. The molecular formula is C26H27N5O2. The van der Waals surface area contributed by atoms with Crippen molar-refractivity contribution in [3.63, 3.8) is 0 Å². The Hall–Kier alpha value is -3.58. The second kappa shape index (κ2) is 9.92. The molecule has 0 atom stereocenters. The summed E-state index contributed by atoms with van der Waals surface area (Å²) in [7, 11) is 0. The Bertz CT molecular complexity index is 1170. The zero-order valence-electron chi connectivity index (χ0n) is 18.7. The Labute approximate surface area is 193 Å². The molecule has 3 aromatic heterocycles. The van der Waals surface area contributed by atoms with Crippen molar-refractivity contribution >= 4 is 0 Å². The Kier molecular flexibility index (Phi) is 6.39. The lowest BCUT2D eigenvalue weighted by molar-refractivity contribution is 0.136. The molecule has 4 heterocycles. The molecule has 0 amide bonds. The maximum Gasteiger partial charge on any atom is 0.258 e. The first-order valence-electron chi connectivity index (χ1n) is 11.4. The maximum absolute atomic E-state index is 6.14. The van der Waals surface area contributed by atoms with Gasteiger partial charge in [0.1, 0.15) is 5.75 Å². The zero-order chi connectivity index (χ0) is 22.5. The van der Waals surface area contributed by atoms with E-state index in [2.05, 4.69) is 31.1 Å². The van der Waals surface area contributed by atoms with Crippen molar-refractivity contribution in [2.45, 2.75) is 26.3 Å². The summed E-state index contributed by atoms with van der Waals surface area (Å²) in [5, 5.41) is 4.10. The number of rotatable bonds is 7. The molecule has 0 radical (unpaired) electrons. The normalized spacial score (nSPS) is 14.9. The van der Waals surface area contributed by atoms with Crippen LogP contribution >= 0.6 is 0 Å². The van der Waals surface area contributed by atoms with Gasteiger partial charge in [-0.2, -0.15) is 4.98 Å². The van der Waals surface area contributed by atoms with Gasteiger partial charge in [0.25, 0.3) is 5.89 Å². The van der Waals surface area contributed by atoms with Gasteiger partial charge in [-0.25, -0.2) is 0 Å². The van der Waals surface area contributed by atoms with Crippen LogP contribution in [0, 0.1) is 12.8 Å². The predicted molar refractivity (Wildman–Crippen MR) is 125 cm³/mol. The molecule has 5 rings (SSSR count). The van der Waals surface area contributed by atoms with E-state index in [9.17, 15) is 0 Å². The molecule has 0 aliphatic carbocycles. The molecule has 0 unspecified atom stereocenters. The van der Waals surface area contributed by atoms with Crippen LogP contribution in [-0.2, 0) is 6.54 Å². The predicted octanol–water partition coefficient (Wildman–Crippen LogP) is 4.79. The SMILES string of the molecule is Cc1ccc(-c2noc(-c3cccc(OCC4CCN(Cc5ccccn5)CC4)c3)n2)cn1. The highest BCUT2D eigenvalue weighted by atomic mass is 16.5. The van der Waals surface area contributed by atoms with E-state index in [0.717, 1.165) is 60.7 Å². The summed E-state index contributed by atoms with van der Waals surface area (Å²) in [6, 6.07) is 17.8. The second-order valence-electron chi connectivity index (χ2n) is 8.49. The van der Waals surface area contributed by atoms with Gasteiger partial charge in [0.15, 0.2) is 0 Å². The lowest BCUT2D eigenvalue weighted by Gasteiger charge is -2.31. The second-order valence-corrected chi connectivity index (χ2v) is 8.49. The number of nitrogens with zero attached hydrogens (tertiary/aromatic N) is 5. The Balaban J connectivity index is 1.15. The molecular weight excluding hydrogens is 414 g/mol. The molecule has 0 saturated carbocycles. The van der Waals surface area contributed by atoms with Gasteiger partial charge in [-0.15, -0.1) is 0 Å². The Morgan fingerprint density at radius 3 is 2.70 bits per heavy atom. The third-order valence-electron chi connectivity index (χ3n) is 5.98. The number of pyridine rings is 2. The number of hydrogen-bond acceptors (Lipinski definition) is 7. The molecule has 0 bridgehead atoms. The van der Waals surface area contributed by atoms with Gasteiger partial charge in [0.2, 0.25) is 5.82 Å². The Morgan fingerprint density at radius 2 is 1.91 bits per heavy atom. The van der Waals surface area contributed by atoms with Gasteiger partial charge >= 0.3 is 0 Å². The fourth-order valence-corrected chi connectivity index (χ4v) is 4.02. The minimum atomic E-state index is 0.471. The molecule has 1 aliphatic rings. The molecule has 4 aromatic rings. The van der Waals surface area contributed by atoms with E-state index in [1.165, 1.54) is 0 Å². The fourth-order valence-electron chi connectivity index (χ4n) is 4.02. The van der Waals surface area contributed by atoms with Crippen LogP contribution in [0.4, 0.5) is 0 Å². The van der Waals surface area contributed by atoms with Crippen molar-refractivity contribution in [2.24, 2.45) is 5.92 Å². The summed E-state index contributed by atoms with van der Waals surface area (Å²) in [5.41, 5.74) is 3.76. The summed E-state index contributed by atoms with van der Waals surface area (Å²) < 4.78 is 11.6. The zero-order valence-corrected chi connectivity index (χ0v) is 18.7. The first kappa shape index (κ1) is 21.3. The molecule has 0 spiro atoms. The molecule has 1 fully saturated rings. The maximum atomic E-state index is 6.14. The van der Waals surface area contributed by atoms with Crippen molar-refractivity contribution in [1.82, 2.24) is 25.0 Å². The van der Waals surface area contributed by atoms with E-state index in [4.69, 9.17) is 9.26 Å². The number of aryl methyl sites for hydroxylation is 1. The van der Waals surface area contributed by atoms with E-state index >= 15 is 0 Å². The smallest absolute Gasteiger partial charge is 0.258 e. The molecule has 33 heavy (non-hydrogen) atoms. The quantitative estimate of drug-likeness (QED) is 0.408. The number of benzene rings is 1. The van der Waals surface area contributed by atoms with Crippen LogP contribution in [0.5, 0.6) is 5.75 Å². The molecule has 1 aliphatic heterocycles.